The smallest absolute Gasteiger partial charge is 0.0234 e. The van der Waals surface area contributed by atoms with Crippen LogP contribution in [0.4, 0.5) is 0 Å². The molecule has 0 bridgehead atoms. The third-order valence-corrected chi connectivity index (χ3v) is 4.42. The molecule has 2 aliphatic rings. The molecule has 1 unspecified atom stereocenters. The van der Waals surface area contributed by atoms with E-state index in [1.165, 1.54) is 56.4 Å². The number of benzene rings is 1. The normalized spacial score (nSPS) is 24.6. The van der Waals surface area contributed by atoms with E-state index < -0.39 is 0 Å². The molecule has 1 saturated carbocycles. The third kappa shape index (κ3) is 4.05. The first-order chi connectivity index (χ1) is 9.29. The average molecular weight is 258 g/mol. The highest BCUT2D eigenvalue weighted by Crippen LogP contribution is 2.28. The zero-order chi connectivity index (χ0) is 13.1. The lowest BCUT2D eigenvalue weighted by Crippen LogP contribution is -2.45. The second kappa shape index (κ2) is 6.06. The van der Waals surface area contributed by atoms with Gasteiger partial charge < -0.3 is 5.32 Å². The highest BCUT2D eigenvalue weighted by molar-refractivity contribution is 5.21. The molecule has 1 aromatic carbocycles. The van der Waals surface area contributed by atoms with E-state index in [0.717, 1.165) is 18.5 Å². The first-order valence-corrected chi connectivity index (χ1v) is 7.81. The standard InChI is InChI=1S/C17H26N2/c1-14-4-6-16(7-5-14)12-19-10-2-3-17(13-19)18-11-15-8-9-15/h4-7,15,17-18H,2-3,8-13H2,1H3. The van der Waals surface area contributed by atoms with Crippen LogP contribution in [0, 0.1) is 12.8 Å². The van der Waals surface area contributed by atoms with Crippen molar-refractivity contribution in [2.24, 2.45) is 5.92 Å². The van der Waals surface area contributed by atoms with Gasteiger partial charge in [0.25, 0.3) is 0 Å². The Morgan fingerprint density at radius 2 is 1.95 bits per heavy atom. The fraction of sp³-hybridized carbons (Fsp3) is 0.647. The molecule has 1 aromatic rings. The van der Waals surface area contributed by atoms with Crippen LogP contribution in [-0.2, 0) is 6.54 Å². The number of hydrogen-bond donors (Lipinski definition) is 1. The predicted octanol–water partition coefficient (Wildman–Crippen LogP) is 2.96. The summed E-state index contributed by atoms with van der Waals surface area (Å²) in [5.41, 5.74) is 2.81. The number of aryl methyl sites for hydroxylation is 1. The number of likely N-dealkylation sites (tertiary alicyclic amines) is 1. The Bertz CT molecular complexity index is 394. The molecule has 2 heteroatoms. The zero-order valence-electron chi connectivity index (χ0n) is 12.1. The van der Waals surface area contributed by atoms with Gasteiger partial charge in [0.15, 0.2) is 0 Å². The van der Waals surface area contributed by atoms with Crippen molar-refractivity contribution in [2.75, 3.05) is 19.6 Å². The van der Waals surface area contributed by atoms with E-state index in [1.54, 1.807) is 0 Å². The highest BCUT2D eigenvalue weighted by atomic mass is 15.2. The Balaban J connectivity index is 1.48. The molecule has 1 aliphatic carbocycles. The number of hydrogen-bond acceptors (Lipinski definition) is 2. The van der Waals surface area contributed by atoms with E-state index in [-0.39, 0.29) is 0 Å². The summed E-state index contributed by atoms with van der Waals surface area (Å²) in [5, 5.41) is 3.77. The van der Waals surface area contributed by atoms with Crippen LogP contribution < -0.4 is 5.32 Å². The Morgan fingerprint density at radius 3 is 2.68 bits per heavy atom. The van der Waals surface area contributed by atoms with Crippen molar-refractivity contribution in [3.8, 4) is 0 Å². The fourth-order valence-electron chi connectivity index (χ4n) is 2.97. The maximum atomic E-state index is 3.77. The number of nitrogens with one attached hydrogen (secondary N) is 1. The summed E-state index contributed by atoms with van der Waals surface area (Å²) in [6, 6.07) is 9.72. The van der Waals surface area contributed by atoms with Crippen molar-refractivity contribution in [2.45, 2.75) is 45.2 Å². The van der Waals surface area contributed by atoms with Gasteiger partial charge in [0.05, 0.1) is 0 Å². The van der Waals surface area contributed by atoms with Gasteiger partial charge in [-0.15, -0.1) is 0 Å². The molecule has 1 atom stereocenters. The van der Waals surface area contributed by atoms with E-state index in [1.807, 2.05) is 0 Å². The van der Waals surface area contributed by atoms with Gasteiger partial charge in [-0.05, 0) is 57.2 Å². The maximum absolute atomic E-state index is 3.77. The Hall–Kier alpha value is -0.860. The summed E-state index contributed by atoms with van der Waals surface area (Å²) in [5.74, 6) is 0.993. The number of rotatable bonds is 5. The van der Waals surface area contributed by atoms with Gasteiger partial charge in [-0.25, -0.2) is 0 Å². The lowest BCUT2D eigenvalue weighted by Gasteiger charge is -2.33. The SMILES string of the molecule is Cc1ccc(CN2CCCC(NCC3CC3)C2)cc1. The van der Waals surface area contributed by atoms with E-state index >= 15 is 0 Å². The quantitative estimate of drug-likeness (QED) is 0.873. The summed E-state index contributed by atoms with van der Waals surface area (Å²) in [7, 11) is 0. The van der Waals surface area contributed by atoms with E-state index in [0.29, 0.717) is 0 Å². The minimum atomic E-state index is 0.722. The summed E-state index contributed by atoms with van der Waals surface area (Å²) < 4.78 is 0. The molecule has 1 heterocycles. The molecule has 19 heavy (non-hydrogen) atoms. The largest absolute Gasteiger partial charge is 0.312 e. The Morgan fingerprint density at radius 1 is 1.16 bits per heavy atom. The molecule has 0 aromatic heterocycles. The van der Waals surface area contributed by atoms with Crippen LogP contribution in [0.15, 0.2) is 24.3 Å². The lowest BCUT2D eigenvalue weighted by molar-refractivity contribution is 0.183. The van der Waals surface area contributed by atoms with Crippen molar-refractivity contribution >= 4 is 0 Å². The highest BCUT2D eigenvalue weighted by Gasteiger charge is 2.24. The monoisotopic (exact) mass is 258 g/mol. The van der Waals surface area contributed by atoms with Gasteiger partial charge in [-0.3, -0.25) is 4.90 Å². The predicted molar refractivity (Wildman–Crippen MR) is 80.2 cm³/mol. The van der Waals surface area contributed by atoms with Crippen LogP contribution in [0.3, 0.4) is 0 Å². The van der Waals surface area contributed by atoms with Crippen molar-refractivity contribution in [3.63, 3.8) is 0 Å². The minimum Gasteiger partial charge on any atom is -0.312 e. The zero-order valence-corrected chi connectivity index (χ0v) is 12.1. The molecule has 104 valence electrons. The van der Waals surface area contributed by atoms with Crippen molar-refractivity contribution in [3.05, 3.63) is 35.4 Å². The lowest BCUT2D eigenvalue weighted by atomic mass is 10.0. The number of nitrogens with zero attached hydrogens (tertiary/aromatic N) is 1. The summed E-state index contributed by atoms with van der Waals surface area (Å²) in [6.07, 6.45) is 5.60. The van der Waals surface area contributed by atoms with E-state index in [4.69, 9.17) is 0 Å². The minimum absolute atomic E-state index is 0.722. The summed E-state index contributed by atoms with van der Waals surface area (Å²) in [4.78, 5) is 2.61. The third-order valence-electron chi connectivity index (χ3n) is 4.42. The topological polar surface area (TPSA) is 15.3 Å². The van der Waals surface area contributed by atoms with Crippen LogP contribution in [0.2, 0.25) is 0 Å². The van der Waals surface area contributed by atoms with Crippen molar-refractivity contribution in [1.82, 2.24) is 10.2 Å². The van der Waals surface area contributed by atoms with Gasteiger partial charge in [0.2, 0.25) is 0 Å². The molecule has 0 amide bonds. The molecule has 0 radical (unpaired) electrons. The number of piperidine rings is 1. The second-order valence-corrected chi connectivity index (χ2v) is 6.41. The van der Waals surface area contributed by atoms with Crippen molar-refractivity contribution < 1.29 is 0 Å². The van der Waals surface area contributed by atoms with Crippen LogP contribution in [0.1, 0.15) is 36.8 Å². The molecule has 1 N–H and O–H groups in total. The first-order valence-electron chi connectivity index (χ1n) is 7.81. The molecule has 1 saturated heterocycles. The van der Waals surface area contributed by atoms with Crippen LogP contribution in [0.25, 0.3) is 0 Å². The Kier molecular flexibility index (Phi) is 4.19. The van der Waals surface area contributed by atoms with Gasteiger partial charge >= 0.3 is 0 Å². The molecule has 3 rings (SSSR count). The molecular formula is C17H26N2. The average Bonchev–Trinajstić information content (AvgIpc) is 3.24. The summed E-state index contributed by atoms with van der Waals surface area (Å²) >= 11 is 0. The molecule has 1 aliphatic heterocycles. The van der Waals surface area contributed by atoms with Gasteiger partial charge in [-0.2, -0.15) is 0 Å². The molecule has 2 nitrogen and oxygen atoms in total. The maximum Gasteiger partial charge on any atom is 0.0234 e. The molecule has 2 fully saturated rings. The Labute approximate surface area is 117 Å². The van der Waals surface area contributed by atoms with E-state index in [2.05, 4.69) is 41.4 Å². The molecular weight excluding hydrogens is 232 g/mol. The summed E-state index contributed by atoms with van der Waals surface area (Å²) in [6.45, 7) is 7.00. The van der Waals surface area contributed by atoms with Gasteiger partial charge in [-0.1, -0.05) is 29.8 Å². The first kappa shape index (κ1) is 13.1. The van der Waals surface area contributed by atoms with Crippen LogP contribution >= 0.6 is 0 Å². The van der Waals surface area contributed by atoms with Gasteiger partial charge in [0, 0.05) is 19.1 Å². The van der Waals surface area contributed by atoms with Crippen LogP contribution in [-0.4, -0.2) is 30.6 Å². The van der Waals surface area contributed by atoms with Crippen LogP contribution in [0.5, 0.6) is 0 Å². The van der Waals surface area contributed by atoms with E-state index in [9.17, 15) is 0 Å². The molecule has 0 spiro atoms. The van der Waals surface area contributed by atoms with Gasteiger partial charge in [0.1, 0.15) is 0 Å². The fourth-order valence-corrected chi connectivity index (χ4v) is 2.97. The van der Waals surface area contributed by atoms with Crippen molar-refractivity contribution in [1.29, 1.82) is 0 Å². The second-order valence-electron chi connectivity index (χ2n) is 6.41.